The first-order chi connectivity index (χ1) is 20.0. The van der Waals surface area contributed by atoms with Crippen LogP contribution in [0.2, 0.25) is 5.02 Å². The summed E-state index contributed by atoms with van der Waals surface area (Å²) in [5, 5.41) is 9.09. The fourth-order valence-electron chi connectivity index (χ4n) is 5.73. The average molecular weight is 607 g/mol. The van der Waals surface area contributed by atoms with Gasteiger partial charge in [-0.2, -0.15) is 13.2 Å². The van der Waals surface area contributed by atoms with Gasteiger partial charge in [-0.25, -0.2) is 13.6 Å². The number of carbonyl (C=O) groups excluding carboxylic acids is 2. The van der Waals surface area contributed by atoms with Crippen molar-refractivity contribution in [3.8, 4) is 0 Å². The number of benzene rings is 3. The summed E-state index contributed by atoms with van der Waals surface area (Å²) in [6.07, 6.45) is -2.96. The number of nitrogens with one attached hydrogen (secondary N) is 3. The molecule has 6 rings (SSSR count). The van der Waals surface area contributed by atoms with Gasteiger partial charge in [0.1, 0.15) is 11.6 Å². The van der Waals surface area contributed by atoms with Crippen LogP contribution in [0.4, 0.5) is 43.8 Å². The zero-order valence-electron chi connectivity index (χ0n) is 21.9. The van der Waals surface area contributed by atoms with E-state index in [2.05, 4.69) is 16.0 Å². The van der Waals surface area contributed by atoms with Crippen molar-refractivity contribution in [2.24, 2.45) is 0 Å². The number of amides is 3. The normalized spacial score (nSPS) is 18.5. The van der Waals surface area contributed by atoms with Crippen LogP contribution in [0.15, 0.2) is 42.5 Å². The number of ether oxygens (including phenoxy) is 1. The summed E-state index contributed by atoms with van der Waals surface area (Å²) in [6.45, 7) is 1.44. The van der Waals surface area contributed by atoms with Crippen LogP contribution >= 0.6 is 11.6 Å². The van der Waals surface area contributed by atoms with Crippen LogP contribution in [0.25, 0.3) is 0 Å². The Bertz CT molecular complexity index is 1590. The van der Waals surface area contributed by atoms with E-state index >= 15 is 0 Å². The van der Waals surface area contributed by atoms with E-state index in [1.165, 1.54) is 23.1 Å². The van der Waals surface area contributed by atoms with E-state index < -0.39 is 46.9 Å². The topological polar surface area (TPSA) is 82.7 Å². The molecule has 1 atom stereocenters. The number of halogens is 6. The van der Waals surface area contributed by atoms with Crippen molar-refractivity contribution in [1.29, 1.82) is 0 Å². The number of nitrogens with zero attached hydrogens (tertiary/aromatic N) is 1. The minimum Gasteiger partial charge on any atom is -0.382 e. The van der Waals surface area contributed by atoms with E-state index in [4.69, 9.17) is 16.3 Å². The highest BCUT2D eigenvalue weighted by molar-refractivity contribution is 6.31. The summed E-state index contributed by atoms with van der Waals surface area (Å²) in [4.78, 5) is 28.1. The molecule has 42 heavy (non-hydrogen) atoms. The van der Waals surface area contributed by atoms with Crippen LogP contribution in [0.1, 0.15) is 51.5 Å². The Kier molecular flexibility index (Phi) is 7.22. The first-order valence-corrected chi connectivity index (χ1v) is 13.6. The zero-order chi connectivity index (χ0) is 29.8. The van der Waals surface area contributed by atoms with Crippen molar-refractivity contribution in [2.45, 2.75) is 37.5 Å². The molecule has 0 aromatic heterocycles. The molecule has 3 aromatic carbocycles. The van der Waals surface area contributed by atoms with Crippen LogP contribution < -0.4 is 20.9 Å². The number of anilines is 3. The molecule has 0 radical (unpaired) electrons. The summed E-state index contributed by atoms with van der Waals surface area (Å²) in [7, 11) is 0. The van der Waals surface area contributed by atoms with Gasteiger partial charge in [0, 0.05) is 58.8 Å². The molecule has 0 aliphatic carbocycles. The van der Waals surface area contributed by atoms with Gasteiger partial charge in [-0.3, -0.25) is 9.69 Å². The highest BCUT2D eigenvalue weighted by atomic mass is 35.5. The molecule has 3 N–H and O–H groups in total. The molecule has 3 heterocycles. The van der Waals surface area contributed by atoms with Gasteiger partial charge in [0.2, 0.25) is 0 Å². The lowest BCUT2D eigenvalue weighted by Gasteiger charge is -2.36. The smallest absolute Gasteiger partial charge is 0.382 e. The predicted molar refractivity (Wildman–Crippen MR) is 146 cm³/mol. The number of rotatable bonds is 5. The maximum Gasteiger partial charge on any atom is 0.416 e. The highest BCUT2D eigenvalue weighted by Crippen LogP contribution is 2.49. The molecular weight excluding hydrogens is 583 g/mol. The number of alkyl halides is 3. The van der Waals surface area contributed by atoms with Gasteiger partial charge in [-0.15, -0.1) is 0 Å². The Hall–Kier alpha value is -3.90. The molecule has 7 nitrogen and oxygen atoms in total. The van der Waals surface area contributed by atoms with Gasteiger partial charge >= 0.3 is 12.2 Å². The number of carbonyl (C=O) groups is 2. The molecule has 3 aliphatic rings. The third-order valence-corrected chi connectivity index (χ3v) is 8.03. The summed E-state index contributed by atoms with van der Waals surface area (Å²) in [5.74, 6) is -2.83. The molecule has 1 fully saturated rings. The lowest BCUT2D eigenvalue weighted by molar-refractivity contribution is -0.137. The Labute approximate surface area is 242 Å². The van der Waals surface area contributed by atoms with Gasteiger partial charge in [0.25, 0.3) is 5.91 Å². The summed E-state index contributed by atoms with van der Waals surface area (Å²) >= 11 is 6.44. The second-order valence-corrected chi connectivity index (χ2v) is 10.8. The van der Waals surface area contributed by atoms with Crippen molar-refractivity contribution in [1.82, 2.24) is 5.32 Å². The first-order valence-electron chi connectivity index (χ1n) is 13.3. The Balaban J connectivity index is 1.50. The van der Waals surface area contributed by atoms with Gasteiger partial charge in [-0.05, 0) is 61.7 Å². The van der Waals surface area contributed by atoms with Crippen LogP contribution in [-0.4, -0.2) is 37.7 Å². The maximum absolute atomic E-state index is 14.4. The third kappa shape index (κ3) is 5.24. The quantitative estimate of drug-likeness (QED) is 0.284. The minimum atomic E-state index is -4.87. The molecule has 220 valence electrons. The van der Waals surface area contributed by atoms with Crippen molar-refractivity contribution in [2.75, 3.05) is 35.3 Å². The standard InChI is InChI=1S/C29H24ClF5N4O3/c30-21-2-1-16(31)12-20(21)25-24-23(37-27(40)14-9-15(29(33,34)35)11-17(32)10-14)13-22(36-18-4-7-42-8-5-18)19-3-6-39(26(19)24)28(41)38-25/h1-2,9-13,18,25,36H,3-8H2,(H,37,40)(H,38,41). The Morgan fingerprint density at radius 2 is 1.79 bits per heavy atom. The van der Waals surface area contributed by atoms with Crippen LogP contribution in [0.3, 0.4) is 0 Å². The van der Waals surface area contributed by atoms with E-state index in [-0.39, 0.29) is 22.3 Å². The molecule has 13 heteroatoms. The van der Waals surface area contributed by atoms with E-state index in [0.717, 1.165) is 5.56 Å². The minimum absolute atomic E-state index is 0.0362. The van der Waals surface area contributed by atoms with E-state index in [1.54, 1.807) is 6.07 Å². The molecule has 0 bridgehead atoms. The largest absolute Gasteiger partial charge is 0.416 e. The molecular formula is C29H24ClF5N4O3. The van der Waals surface area contributed by atoms with Crippen molar-refractivity contribution in [3.63, 3.8) is 0 Å². The predicted octanol–water partition coefficient (Wildman–Crippen LogP) is 6.66. The second-order valence-electron chi connectivity index (χ2n) is 10.4. The number of hydrogen-bond acceptors (Lipinski definition) is 4. The summed E-state index contributed by atoms with van der Waals surface area (Å²) < 4.78 is 74.1. The van der Waals surface area contributed by atoms with Crippen molar-refractivity contribution >= 4 is 40.6 Å². The van der Waals surface area contributed by atoms with E-state index in [0.29, 0.717) is 74.2 Å². The lowest BCUT2D eigenvalue weighted by atomic mass is 9.90. The second kappa shape index (κ2) is 10.7. The SMILES string of the molecule is O=C(Nc1cc(NC2CCOCC2)c2c3c1C(c1cc(F)ccc1Cl)NC(=O)N3CC2)c1cc(F)cc(C(F)(F)F)c1. The summed E-state index contributed by atoms with van der Waals surface area (Å²) in [5.41, 5.74) is 0.811. The number of hydrogen-bond donors (Lipinski definition) is 3. The van der Waals surface area contributed by atoms with Crippen LogP contribution in [0.5, 0.6) is 0 Å². The molecule has 0 spiro atoms. The Morgan fingerprint density at radius 3 is 2.52 bits per heavy atom. The molecule has 3 amide bonds. The van der Waals surface area contributed by atoms with Gasteiger partial charge in [0.15, 0.2) is 0 Å². The van der Waals surface area contributed by atoms with E-state index in [1.807, 2.05) is 0 Å². The fourth-order valence-corrected chi connectivity index (χ4v) is 5.96. The zero-order valence-corrected chi connectivity index (χ0v) is 22.6. The summed E-state index contributed by atoms with van der Waals surface area (Å²) in [6, 6.07) is 5.48. The monoisotopic (exact) mass is 606 g/mol. The van der Waals surface area contributed by atoms with Gasteiger partial charge in [-0.1, -0.05) is 11.6 Å². The third-order valence-electron chi connectivity index (χ3n) is 7.69. The lowest BCUT2D eigenvalue weighted by Crippen LogP contribution is -2.46. The van der Waals surface area contributed by atoms with Gasteiger partial charge < -0.3 is 20.7 Å². The van der Waals surface area contributed by atoms with Crippen molar-refractivity contribution < 1.29 is 36.3 Å². The fraction of sp³-hybridized carbons (Fsp3) is 0.310. The Morgan fingerprint density at radius 1 is 1.02 bits per heavy atom. The molecule has 1 unspecified atom stereocenters. The molecule has 3 aliphatic heterocycles. The van der Waals surface area contributed by atoms with Crippen LogP contribution in [-0.2, 0) is 17.3 Å². The highest BCUT2D eigenvalue weighted by Gasteiger charge is 2.41. The van der Waals surface area contributed by atoms with Crippen molar-refractivity contribution in [3.05, 3.63) is 86.9 Å². The maximum atomic E-state index is 14.4. The molecule has 1 saturated heterocycles. The number of urea groups is 1. The molecule has 0 saturated carbocycles. The van der Waals surface area contributed by atoms with Gasteiger partial charge in [0.05, 0.1) is 23.0 Å². The van der Waals surface area contributed by atoms with Crippen LogP contribution in [0, 0.1) is 11.6 Å². The first kappa shape index (κ1) is 28.2. The molecule has 3 aromatic rings. The average Bonchev–Trinajstić information content (AvgIpc) is 3.39. The van der Waals surface area contributed by atoms with E-state index in [9.17, 15) is 31.5 Å².